The fourth-order valence-electron chi connectivity index (χ4n) is 1.69. The summed E-state index contributed by atoms with van der Waals surface area (Å²) >= 11 is 5.90. The molecule has 1 N–H and O–H groups in total. The molecule has 0 saturated heterocycles. The predicted octanol–water partition coefficient (Wildman–Crippen LogP) is 1.05. The number of rotatable bonds is 3. The van der Waals surface area contributed by atoms with Gasteiger partial charge in [0.25, 0.3) is 5.91 Å². The first kappa shape index (κ1) is 12.6. The summed E-state index contributed by atoms with van der Waals surface area (Å²) in [5, 5.41) is 11.3. The van der Waals surface area contributed by atoms with E-state index in [9.17, 15) is 4.79 Å². The minimum Gasteiger partial charge on any atom is -0.346 e. The maximum absolute atomic E-state index is 11.9. The zero-order chi connectivity index (χ0) is 13.3. The molecule has 0 bridgehead atoms. The number of halogens is 1. The van der Waals surface area contributed by atoms with Gasteiger partial charge in [0.15, 0.2) is 5.69 Å². The zero-order valence-corrected chi connectivity index (χ0v) is 11.2. The Labute approximate surface area is 110 Å². The molecular weight excluding hydrogens is 254 g/mol. The van der Waals surface area contributed by atoms with Crippen molar-refractivity contribution in [3.63, 3.8) is 0 Å². The van der Waals surface area contributed by atoms with Gasteiger partial charge < -0.3 is 5.32 Å². The number of aromatic nitrogens is 4. The first-order valence-electron chi connectivity index (χ1n) is 5.44. The highest BCUT2D eigenvalue weighted by Gasteiger charge is 2.15. The van der Waals surface area contributed by atoms with Crippen molar-refractivity contribution in [2.24, 2.45) is 14.1 Å². The molecule has 2 heterocycles. The van der Waals surface area contributed by atoms with E-state index in [4.69, 9.17) is 11.6 Å². The summed E-state index contributed by atoms with van der Waals surface area (Å²) in [7, 11) is 3.56. The molecule has 0 aliphatic carbocycles. The molecule has 2 rings (SSSR count). The van der Waals surface area contributed by atoms with Gasteiger partial charge in [0.05, 0.1) is 10.7 Å². The summed E-state index contributed by atoms with van der Waals surface area (Å²) in [6.45, 7) is 2.31. The molecule has 0 radical (unpaired) electrons. The van der Waals surface area contributed by atoms with E-state index < -0.39 is 0 Å². The summed E-state index contributed by atoms with van der Waals surface area (Å²) in [4.78, 5) is 11.9. The topological polar surface area (TPSA) is 64.7 Å². The maximum atomic E-state index is 11.9. The van der Waals surface area contributed by atoms with Gasteiger partial charge in [0, 0.05) is 38.6 Å². The Morgan fingerprint density at radius 2 is 2.00 bits per heavy atom. The smallest absolute Gasteiger partial charge is 0.273 e. The van der Waals surface area contributed by atoms with Crippen LogP contribution in [0.25, 0.3) is 0 Å². The summed E-state index contributed by atoms with van der Waals surface area (Å²) in [5.41, 5.74) is 2.10. The lowest BCUT2D eigenvalue weighted by Crippen LogP contribution is -2.23. The van der Waals surface area contributed by atoms with Crippen LogP contribution in [-0.2, 0) is 20.6 Å². The third kappa shape index (κ3) is 2.53. The summed E-state index contributed by atoms with van der Waals surface area (Å²) < 4.78 is 3.22. The first-order chi connectivity index (χ1) is 8.47. The van der Waals surface area contributed by atoms with Gasteiger partial charge >= 0.3 is 0 Å². The van der Waals surface area contributed by atoms with Crippen molar-refractivity contribution in [1.29, 1.82) is 0 Å². The van der Waals surface area contributed by atoms with Crippen molar-refractivity contribution in [2.75, 3.05) is 0 Å². The van der Waals surface area contributed by atoms with E-state index in [1.807, 2.05) is 20.2 Å². The lowest BCUT2D eigenvalue weighted by atomic mass is 10.2. The fourth-order valence-corrected chi connectivity index (χ4v) is 1.96. The second-order valence-corrected chi connectivity index (χ2v) is 4.50. The maximum Gasteiger partial charge on any atom is 0.273 e. The molecular formula is C11H14ClN5O. The molecule has 0 aliphatic heterocycles. The van der Waals surface area contributed by atoms with Gasteiger partial charge in [0.1, 0.15) is 0 Å². The number of amides is 1. The van der Waals surface area contributed by atoms with Crippen LogP contribution in [-0.4, -0.2) is 25.5 Å². The highest BCUT2D eigenvalue weighted by molar-refractivity contribution is 6.33. The summed E-state index contributed by atoms with van der Waals surface area (Å²) in [6, 6.07) is 0. The molecule has 96 valence electrons. The van der Waals surface area contributed by atoms with E-state index in [2.05, 4.69) is 15.5 Å². The van der Waals surface area contributed by atoms with Gasteiger partial charge in [0.2, 0.25) is 0 Å². The number of aryl methyl sites for hydroxylation is 3. The Morgan fingerprint density at radius 1 is 1.33 bits per heavy atom. The molecule has 0 aliphatic rings. The number of nitrogens with zero attached hydrogens (tertiary/aromatic N) is 4. The Hall–Kier alpha value is -1.82. The molecule has 6 nitrogen and oxygen atoms in total. The Bertz CT molecular complexity index is 586. The van der Waals surface area contributed by atoms with Crippen LogP contribution in [0.3, 0.4) is 0 Å². The molecule has 2 aromatic heterocycles. The molecule has 2 aromatic rings. The SMILES string of the molecule is Cc1nn(C)cc1CNC(=O)c1nn(C)cc1Cl. The Balaban J connectivity index is 2.05. The van der Waals surface area contributed by atoms with Crippen molar-refractivity contribution in [2.45, 2.75) is 13.5 Å². The predicted molar refractivity (Wildman–Crippen MR) is 67.3 cm³/mol. The number of hydrogen-bond acceptors (Lipinski definition) is 3. The molecule has 0 aromatic carbocycles. The van der Waals surface area contributed by atoms with Crippen LogP contribution in [0.2, 0.25) is 5.02 Å². The molecule has 7 heteroatoms. The van der Waals surface area contributed by atoms with Crippen LogP contribution >= 0.6 is 11.6 Å². The minimum absolute atomic E-state index is 0.237. The highest BCUT2D eigenvalue weighted by Crippen LogP contribution is 2.13. The second kappa shape index (κ2) is 4.81. The number of carbonyl (C=O) groups is 1. The van der Waals surface area contributed by atoms with Crippen LogP contribution in [0, 0.1) is 6.92 Å². The third-order valence-corrected chi connectivity index (χ3v) is 2.83. The average molecular weight is 268 g/mol. The molecule has 1 amide bonds. The van der Waals surface area contributed by atoms with Crippen molar-refractivity contribution in [3.05, 3.63) is 34.4 Å². The number of hydrogen-bond donors (Lipinski definition) is 1. The van der Waals surface area contributed by atoms with Crippen LogP contribution < -0.4 is 5.32 Å². The van der Waals surface area contributed by atoms with Gasteiger partial charge in [-0.05, 0) is 6.92 Å². The van der Waals surface area contributed by atoms with Crippen LogP contribution in [0.5, 0.6) is 0 Å². The standard InChI is InChI=1S/C11H14ClN5O/c1-7-8(5-16(2)14-7)4-13-11(18)10-9(12)6-17(3)15-10/h5-6H,4H2,1-3H3,(H,13,18). The van der Waals surface area contributed by atoms with E-state index in [1.165, 1.54) is 4.68 Å². The monoisotopic (exact) mass is 267 g/mol. The van der Waals surface area contributed by atoms with Crippen molar-refractivity contribution in [3.8, 4) is 0 Å². The van der Waals surface area contributed by atoms with E-state index in [1.54, 1.807) is 17.9 Å². The first-order valence-corrected chi connectivity index (χ1v) is 5.81. The molecule has 18 heavy (non-hydrogen) atoms. The van der Waals surface area contributed by atoms with Crippen molar-refractivity contribution < 1.29 is 4.79 Å². The lowest BCUT2D eigenvalue weighted by Gasteiger charge is -2.02. The van der Waals surface area contributed by atoms with Crippen LogP contribution in [0.1, 0.15) is 21.7 Å². The van der Waals surface area contributed by atoms with Crippen LogP contribution in [0.15, 0.2) is 12.4 Å². The number of carbonyl (C=O) groups excluding carboxylic acids is 1. The minimum atomic E-state index is -0.288. The molecule has 0 spiro atoms. The quantitative estimate of drug-likeness (QED) is 0.904. The van der Waals surface area contributed by atoms with Gasteiger partial charge in [-0.1, -0.05) is 11.6 Å². The van der Waals surface area contributed by atoms with Gasteiger partial charge in [-0.2, -0.15) is 10.2 Å². The Morgan fingerprint density at radius 3 is 2.50 bits per heavy atom. The van der Waals surface area contributed by atoms with Gasteiger partial charge in [-0.25, -0.2) is 0 Å². The average Bonchev–Trinajstić information content (AvgIpc) is 2.78. The zero-order valence-electron chi connectivity index (χ0n) is 10.4. The van der Waals surface area contributed by atoms with Crippen molar-refractivity contribution >= 4 is 17.5 Å². The fraction of sp³-hybridized carbons (Fsp3) is 0.364. The van der Waals surface area contributed by atoms with Crippen LogP contribution in [0.4, 0.5) is 0 Å². The van der Waals surface area contributed by atoms with Gasteiger partial charge in [-0.3, -0.25) is 14.2 Å². The highest BCUT2D eigenvalue weighted by atomic mass is 35.5. The van der Waals surface area contributed by atoms with E-state index in [0.29, 0.717) is 11.6 Å². The molecule has 0 fully saturated rings. The molecule has 0 unspecified atom stereocenters. The summed E-state index contributed by atoms with van der Waals surface area (Å²) in [5.74, 6) is -0.288. The number of nitrogens with one attached hydrogen (secondary N) is 1. The van der Waals surface area contributed by atoms with E-state index >= 15 is 0 Å². The van der Waals surface area contributed by atoms with E-state index in [-0.39, 0.29) is 11.6 Å². The van der Waals surface area contributed by atoms with Gasteiger partial charge in [-0.15, -0.1) is 0 Å². The lowest BCUT2D eigenvalue weighted by molar-refractivity contribution is 0.0945. The largest absolute Gasteiger partial charge is 0.346 e. The third-order valence-electron chi connectivity index (χ3n) is 2.55. The Kier molecular flexibility index (Phi) is 3.38. The van der Waals surface area contributed by atoms with Crippen molar-refractivity contribution in [1.82, 2.24) is 24.9 Å². The normalized spacial score (nSPS) is 10.7. The summed E-state index contributed by atoms with van der Waals surface area (Å²) in [6.07, 6.45) is 3.46. The molecule has 0 saturated carbocycles. The second-order valence-electron chi connectivity index (χ2n) is 4.10. The molecule has 0 atom stereocenters. The van der Waals surface area contributed by atoms with E-state index in [0.717, 1.165) is 11.3 Å².